The van der Waals surface area contributed by atoms with Crippen LogP contribution in [0.3, 0.4) is 0 Å². The Morgan fingerprint density at radius 2 is 2.14 bits per heavy atom. The minimum Gasteiger partial charge on any atom is -0.480 e. The number of rotatable bonds is 11. The molecular formula is C21H32N4O3. The lowest BCUT2D eigenvalue weighted by molar-refractivity contribution is -0.141. The molecule has 3 rings (SSSR count). The fourth-order valence-electron chi connectivity index (χ4n) is 3.84. The van der Waals surface area contributed by atoms with Crippen LogP contribution in [0.1, 0.15) is 56.7 Å². The minimum atomic E-state index is -0.960. The Kier molecular flexibility index (Phi) is 7.25. The standard InChI is InChI=1S/C21H32N4O3/c1-15(26)23-19(21(27)28)11-14-25(18-9-10-18)13-3-2-6-17-8-7-16-5-4-12-22-20(16)24-17/h7-8,18-19H,2-6,9-14H2,1H3,(H,22,24)(H,23,26)(H,27,28). The van der Waals surface area contributed by atoms with Crippen LogP contribution in [0.5, 0.6) is 0 Å². The van der Waals surface area contributed by atoms with Crippen LogP contribution in [-0.4, -0.2) is 58.6 Å². The van der Waals surface area contributed by atoms with E-state index < -0.39 is 12.0 Å². The highest BCUT2D eigenvalue weighted by Gasteiger charge is 2.29. The van der Waals surface area contributed by atoms with Crippen LogP contribution < -0.4 is 10.6 Å². The number of aromatic nitrogens is 1. The van der Waals surface area contributed by atoms with Crippen LogP contribution >= 0.6 is 0 Å². The fourth-order valence-corrected chi connectivity index (χ4v) is 3.84. The van der Waals surface area contributed by atoms with Crippen molar-refractivity contribution in [1.82, 2.24) is 15.2 Å². The first-order valence-corrected chi connectivity index (χ1v) is 10.5. The summed E-state index contributed by atoms with van der Waals surface area (Å²) in [5.74, 6) is -0.198. The monoisotopic (exact) mass is 388 g/mol. The first kappa shape index (κ1) is 20.6. The molecule has 1 aromatic heterocycles. The number of nitrogens with one attached hydrogen (secondary N) is 2. The van der Waals surface area contributed by atoms with Crippen molar-refractivity contribution in [3.63, 3.8) is 0 Å². The van der Waals surface area contributed by atoms with Crippen molar-refractivity contribution in [3.8, 4) is 0 Å². The molecule has 0 aromatic carbocycles. The van der Waals surface area contributed by atoms with Gasteiger partial charge in [-0.1, -0.05) is 6.07 Å². The SMILES string of the molecule is CC(=O)NC(CCN(CCCCc1ccc2c(n1)NCCC2)C1CC1)C(=O)O. The molecule has 0 saturated heterocycles. The van der Waals surface area contributed by atoms with Gasteiger partial charge in [0.25, 0.3) is 0 Å². The molecule has 1 saturated carbocycles. The first-order valence-electron chi connectivity index (χ1n) is 10.5. The van der Waals surface area contributed by atoms with E-state index in [4.69, 9.17) is 4.98 Å². The van der Waals surface area contributed by atoms with Crippen LogP contribution in [0.25, 0.3) is 0 Å². The van der Waals surface area contributed by atoms with E-state index >= 15 is 0 Å². The molecule has 1 fully saturated rings. The van der Waals surface area contributed by atoms with E-state index in [0.717, 1.165) is 50.3 Å². The number of amides is 1. The second-order valence-corrected chi connectivity index (χ2v) is 7.94. The zero-order valence-electron chi connectivity index (χ0n) is 16.7. The van der Waals surface area contributed by atoms with E-state index in [1.165, 1.54) is 31.7 Å². The number of pyridine rings is 1. The highest BCUT2D eigenvalue weighted by molar-refractivity contribution is 5.82. The summed E-state index contributed by atoms with van der Waals surface area (Å²) in [4.78, 5) is 29.6. The van der Waals surface area contributed by atoms with E-state index in [9.17, 15) is 14.7 Å². The predicted molar refractivity (Wildman–Crippen MR) is 108 cm³/mol. The third-order valence-electron chi connectivity index (χ3n) is 5.52. The van der Waals surface area contributed by atoms with Crippen molar-refractivity contribution in [2.45, 2.75) is 70.4 Å². The van der Waals surface area contributed by atoms with Crippen LogP contribution in [0.4, 0.5) is 5.82 Å². The molecule has 1 aliphatic carbocycles. The van der Waals surface area contributed by atoms with E-state index in [0.29, 0.717) is 19.0 Å². The lowest BCUT2D eigenvalue weighted by atomic mass is 10.1. The number of carboxylic acid groups (broad SMARTS) is 1. The highest BCUT2D eigenvalue weighted by atomic mass is 16.4. The maximum atomic E-state index is 11.3. The molecule has 7 heteroatoms. The molecule has 1 unspecified atom stereocenters. The summed E-state index contributed by atoms with van der Waals surface area (Å²) in [5.41, 5.74) is 2.46. The Morgan fingerprint density at radius 3 is 2.86 bits per heavy atom. The van der Waals surface area contributed by atoms with Gasteiger partial charge in [0.2, 0.25) is 5.91 Å². The van der Waals surface area contributed by atoms with E-state index in [1.807, 2.05) is 0 Å². The number of aryl methyl sites for hydroxylation is 2. The van der Waals surface area contributed by atoms with Crippen LogP contribution in [0, 0.1) is 0 Å². The molecule has 154 valence electrons. The number of hydrogen-bond donors (Lipinski definition) is 3. The summed E-state index contributed by atoms with van der Waals surface area (Å²) in [5, 5.41) is 15.2. The normalized spacial score (nSPS) is 16.9. The number of carboxylic acids is 1. The second kappa shape index (κ2) is 9.87. The predicted octanol–water partition coefficient (Wildman–Crippen LogP) is 2.21. The Morgan fingerprint density at radius 1 is 1.32 bits per heavy atom. The lowest BCUT2D eigenvalue weighted by Crippen LogP contribution is -2.42. The van der Waals surface area contributed by atoms with Crippen LogP contribution in [0.15, 0.2) is 12.1 Å². The number of nitrogens with zero attached hydrogens (tertiary/aromatic N) is 2. The third-order valence-corrected chi connectivity index (χ3v) is 5.52. The summed E-state index contributed by atoms with van der Waals surface area (Å²) in [6, 6.07) is 4.13. The number of fused-ring (bicyclic) bond motifs is 1. The smallest absolute Gasteiger partial charge is 0.326 e. The summed E-state index contributed by atoms with van der Waals surface area (Å²) in [6.07, 6.45) is 8.23. The van der Waals surface area contributed by atoms with Gasteiger partial charge in [0, 0.05) is 31.7 Å². The van der Waals surface area contributed by atoms with Gasteiger partial charge in [0.15, 0.2) is 0 Å². The number of carbonyl (C=O) groups is 2. The Hall–Kier alpha value is -2.15. The van der Waals surface area contributed by atoms with Gasteiger partial charge in [-0.25, -0.2) is 9.78 Å². The molecule has 0 spiro atoms. The van der Waals surface area contributed by atoms with Gasteiger partial charge >= 0.3 is 5.97 Å². The van der Waals surface area contributed by atoms with Crippen molar-refractivity contribution in [2.24, 2.45) is 0 Å². The molecule has 0 bridgehead atoms. The molecule has 1 aromatic rings. The van der Waals surface area contributed by atoms with Gasteiger partial charge in [-0.05, 0) is 69.5 Å². The number of aliphatic carboxylic acids is 1. The van der Waals surface area contributed by atoms with Gasteiger partial charge in [-0.3, -0.25) is 4.79 Å². The van der Waals surface area contributed by atoms with Gasteiger partial charge in [0.1, 0.15) is 11.9 Å². The average Bonchev–Trinajstić information content (AvgIpc) is 3.51. The van der Waals surface area contributed by atoms with Crippen LogP contribution in [0.2, 0.25) is 0 Å². The molecule has 7 nitrogen and oxygen atoms in total. The van der Waals surface area contributed by atoms with E-state index in [2.05, 4.69) is 27.7 Å². The molecular weight excluding hydrogens is 356 g/mol. The summed E-state index contributed by atoms with van der Waals surface area (Å²) in [7, 11) is 0. The molecule has 1 amide bonds. The topological polar surface area (TPSA) is 94.6 Å². The zero-order valence-corrected chi connectivity index (χ0v) is 16.7. The van der Waals surface area contributed by atoms with Crippen molar-refractivity contribution in [2.75, 3.05) is 25.0 Å². The van der Waals surface area contributed by atoms with Gasteiger partial charge in [-0.2, -0.15) is 0 Å². The maximum Gasteiger partial charge on any atom is 0.326 e. The average molecular weight is 389 g/mol. The van der Waals surface area contributed by atoms with Gasteiger partial charge < -0.3 is 20.6 Å². The maximum absolute atomic E-state index is 11.3. The lowest BCUT2D eigenvalue weighted by Gasteiger charge is -2.24. The van der Waals surface area contributed by atoms with Crippen molar-refractivity contribution >= 4 is 17.7 Å². The zero-order chi connectivity index (χ0) is 19.9. The summed E-state index contributed by atoms with van der Waals surface area (Å²) >= 11 is 0. The molecule has 2 aliphatic rings. The molecule has 1 aliphatic heterocycles. The van der Waals surface area contributed by atoms with Crippen molar-refractivity contribution < 1.29 is 14.7 Å². The number of carbonyl (C=O) groups excluding carboxylic acids is 1. The number of anilines is 1. The first-order chi connectivity index (χ1) is 13.5. The van der Waals surface area contributed by atoms with E-state index in [-0.39, 0.29) is 5.91 Å². The van der Waals surface area contributed by atoms with Crippen LogP contribution in [-0.2, 0) is 22.4 Å². The quantitative estimate of drug-likeness (QED) is 0.503. The molecule has 2 heterocycles. The number of hydrogen-bond acceptors (Lipinski definition) is 5. The fraction of sp³-hybridized carbons (Fsp3) is 0.667. The number of unbranched alkanes of at least 4 members (excludes halogenated alkanes) is 1. The third kappa shape index (κ3) is 6.19. The Bertz CT molecular complexity index is 690. The van der Waals surface area contributed by atoms with Gasteiger partial charge in [0.05, 0.1) is 0 Å². The summed E-state index contributed by atoms with van der Waals surface area (Å²) < 4.78 is 0. The van der Waals surface area contributed by atoms with E-state index in [1.54, 1.807) is 0 Å². The molecule has 28 heavy (non-hydrogen) atoms. The molecule has 1 atom stereocenters. The van der Waals surface area contributed by atoms with Crippen molar-refractivity contribution in [1.29, 1.82) is 0 Å². The minimum absolute atomic E-state index is 0.294. The second-order valence-electron chi connectivity index (χ2n) is 7.94. The molecule has 0 radical (unpaired) electrons. The highest BCUT2D eigenvalue weighted by Crippen LogP contribution is 2.27. The summed E-state index contributed by atoms with van der Waals surface area (Å²) in [6.45, 7) is 4.05. The Labute approximate surface area is 166 Å². The van der Waals surface area contributed by atoms with Crippen molar-refractivity contribution in [3.05, 3.63) is 23.4 Å². The largest absolute Gasteiger partial charge is 0.480 e. The van der Waals surface area contributed by atoms with Gasteiger partial charge in [-0.15, -0.1) is 0 Å². The molecule has 3 N–H and O–H groups in total. The Balaban J connectivity index is 1.41.